The molecule has 0 bridgehead atoms. The van der Waals surface area contributed by atoms with Crippen molar-refractivity contribution in [3.8, 4) is 0 Å². The molecule has 6 nitrogen and oxygen atoms in total. The van der Waals surface area contributed by atoms with Gasteiger partial charge in [0.25, 0.3) is 0 Å². The number of carbonyl (C=O) groups is 3. The van der Waals surface area contributed by atoms with Crippen LogP contribution in [0.2, 0.25) is 0 Å². The number of unbranched alkanes of at least 4 members (excludes halogenated alkanes) is 26. The summed E-state index contributed by atoms with van der Waals surface area (Å²) in [5, 5.41) is 0. The van der Waals surface area contributed by atoms with Crippen LogP contribution in [-0.2, 0) is 28.6 Å². The van der Waals surface area contributed by atoms with Crippen LogP contribution < -0.4 is 0 Å². The molecule has 0 N–H and O–H groups in total. The van der Waals surface area contributed by atoms with Gasteiger partial charge in [-0.25, -0.2) is 0 Å². The molecule has 0 aliphatic heterocycles. The molecule has 0 fully saturated rings. The van der Waals surface area contributed by atoms with Crippen molar-refractivity contribution in [3.63, 3.8) is 0 Å². The van der Waals surface area contributed by atoms with E-state index in [0.717, 1.165) is 70.1 Å². The lowest BCUT2D eigenvalue weighted by Gasteiger charge is -2.18. The van der Waals surface area contributed by atoms with Gasteiger partial charge in [0.1, 0.15) is 13.2 Å². The van der Waals surface area contributed by atoms with Crippen LogP contribution in [0.15, 0.2) is 0 Å². The van der Waals surface area contributed by atoms with Crippen LogP contribution in [0.25, 0.3) is 0 Å². The van der Waals surface area contributed by atoms with Crippen molar-refractivity contribution in [2.75, 3.05) is 13.2 Å². The van der Waals surface area contributed by atoms with Crippen LogP contribution in [0.1, 0.15) is 246 Å². The highest BCUT2D eigenvalue weighted by Gasteiger charge is 2.19. The standard InChI is InChI=1S/C45H86O6/c1-5-8-10-12-13-14-15-16-17-18-22-25-29-32-36-43(46)49-39-42(51-45(48)38-34-27-11-9-6-2)40-50-44(47)37-33-30-26-23-20-19-21-24-28-31-35-41(4)7-3/h41-42H,5-40H2,1-4H3/t41?,42-/m0/s1. The highest BCUT2D eigenvalue weighted by atomic mass is 16.6. The molecule has 1 unspecified atom stereocenters. The second-order valence-electron chi connectivity index (χ2n) is 15.6. The lowest BCUT2D eigenvalue weighted by atomic mass is 9.99. The summed E-state index contributed by atoms with van der Waals surface area (Å²) in [5.41, 5.74) is 0. The smallest absolute Gasteiger partial charge is 0.306 e. The zero-order chi connectivity index (χ0) is 37.5. The van der Waals surface area contributed by atoms with Crippen molar-refractivity contribution in [1.29, 1.82) is 0 Å². The second-order valence-corrected chi connectivity index (χ2v) is 15.6. The van der Waals surface area contributed by atoms with Crippen LogP contribution in [0, 0.1) is 5.92 Å². The molecule has 0 aromatic heterocycles. The maximum atomic E-state index is 12.5. The zero-order valence-corrected chi connectivity index (χ0v) is 34.6. The minimum absolute atomic E-state index is 0.0653. The topological polar surface area (TPSA) is 78.9 Å². The predicted octanol–water partition coefficient (Wildman–Crippen LogP) is 13.9. The van der Waals surface area contributed by atoms with Crippen LogP contribution in [0.3, 0.4) is 0 Å². The summed E-state index contributed by atoms with van der Waals surface area (Å²) in [5.74, 6) is 0.000142. The average molecular weight is 723 g/mol. The molecule has 0 heterocycles. The fourth-order valence-corrected chi connectivity index (χ4v) is 6.59. The molecule has 0 spiro atoms. The van der Waals surface area contributed by atoms with Crippen LogP contribution in [-0.4, -0.2) is 37.2 Å². The van der Waals surface area contributed by atoms with Crippen LogP contribution in [0.4, 0.5) is 0 Å². The van der Waals surface area contributed by atoms with E-state index in [1.807, 2.05) is 0 Å². The molecule has 0 radical (unpaired) electrons. The van der Waals surface area contributed by atoms with E-state index < -0.39 is 6.10 Å². The van der Waals surface area contributed by atoms with Gasteiger partial charge in [-0.3, -0.25) is 14.4 Å². The minimum Gasteiger partial charge on any atom is -0.462 e. The summed E-state index contributed by atoms with van der Waals surface area (Å²) in [6.07, 6.45) is 38.2. The third-order valence-corrected chi connectivity index (χ3v) is 10.4. The van der Waals surface area contributed by atoms with E-state index in [1.54, 1.807) is 0 Å². The molecule has 0 aromatic carbocycles. The summed E-state index contributed by atoms with van der Waals surface area (Å²) in [6.45, 7) is 8.94. The van der Waals surface area contributed by atoms with E-state index in [2.05, 4.69) is 27.7 Å². The molecular weight excluding hydrogens is 636 g/mol. The number of hydrogen-bond acceptors (Lipinski definition) is 6. The Morgan fingerprint density at radius 1 is 0.392 bits per heavy atom. The summed E-state index contributed by atoms with van der Waals surface area (Å²) >= 11 is 0. The van der Waals surface area contributed by atoms with Gasteiger partial charge in [-0.2, -0.15) is 0 Å². The van der Waals surface area contributed by atoms with Gasteiger partial charge in [0, 0.05) is 19.3 Å². The van der Waals surface area contributed by atoms with Crippen molar-refractivity contribution >= 4 is 17.9 Å². The fraction of sp³-hybridized carbons (Fsp3) is 0.933. The largest absolute Gasteiger partial charge is 0.462 e. The van der Waals surface area contributed by atoms with Crippen molar-refractivity contribution < 1.29 is 28.6 Å². The lowest BCUT2D eigenvalue weighted by Crippen LogP contribution is -2.30. The van der Waals surface area contributed by atoms with Gasteiger partial charge in [-0.05, 0) is 25.2 Å². The highest BCUT2D eigenvalue weighted by molar-refractivity contribution is 5.71. The Hall–Kier alpha value is -1.59. The molecular formula is C45H86O6. The molecule has 302 valence electrons. The first-order valence-corrected chi connectivity index (χ1v) is 22.4. The second kappa shape index (κ2) is 39.6. The Labute approximate surface area is 317 Å². The van der Waals surface area contributed by atoms with Gasteiger partial charge in [-0.1, -0.05) is 207 Å². The first-order chi connectivity index (χ1) is 24.9. The third-order valence-electron chi connectivity index (χ3n) is 10.4. The molecule has 2 atom stereocenters. The van der Waals surface area contributed by atoms with E-state index in [-0.39, 0.29) is 31.1 Å². The zero-order valence-electron chi connectivity index (χ0n) is 34.6. The van der Waals surface area contributed by atoms with Crippen LogP contribution >= 0.6 is 0 Å². The Kier molecular flexibility index (Phi) is 38.4. The van der Waals surface area contributed by atoms with Gasteiger partial charge in [-0.15, -0.1) is 0 Å². The number of hydrogen-bond donors (Lipinski definition) is 0. The Balaban J connectivity index is 4.15. The lowest BCUT2D eigenvalue weighted by molar-refractivity contribution is -0.167. The quantitative estimate of drug-likeness (QED) is 0.0356. The van der Waals surface area contributed by atoms with Gasteiger partial charge in [0.15, 0.2) is 6.10 Å². The number of carbonyl (C=O) groups excluding carboxylic acids is 3. The van der Waals surface area contributed by atoms with E-state index >= 15 is 0 Å². The molecule has 0 amide bonds. The molecule has 0 saturated heterocycles. The Morgan fingerprint density at radius 3 is 1.02 bits per heavy atom. The minimum atomic E-state index is -0.757. The van der Waals surface area contributed by atoms with E-state index in [9.17, 15) is 14.4 Å². The first kappa shape index (κ1) is 49.4. The van der Waals surface area contributed by atoms with Crippen molar-refractivity contribution in [2.24, 2.45) is 5.92 Å². The average Bonchev–Trinajstić information content (AvgIpc) is 3.13. The molecule has 0 aliphatic carbocycles. The van der Waals surface area contributed by atoms with E-state index in [4.69, 9.17) is 14.2 Å². The predicted molar refractivity (Wildman–Crippen MR) is 215 cm³/mol. The molecule has 0 rings (SSSR count). The SMILES string of the molecule is CCCCCCCCCCCCCCCCC(=O)OC[C@@H](COC(=O)CCCCCCCCCCCCC(C)CC)OC(=O)CCCCCCC. The molecule has 0 saturated carbocycles. The maximum Gasteiger partial charge on any atom is 0.306 e. The van der Waals surface area contributed by atoms with Crippen LogP contribution in [0.5, 0.6) is 0 Å². The molecule has 51 heavy (non-hydrogen) atoms. The summed E-state index contributed by atoms with van der Waals surface area (Å²) < 4.78 is 16.6. The summed E-state index contributed by atoms with van der Waals surface area (Å²) in [6, 6.07) is 0. The third kappa shape index (κ3) is 38.0. The number of ether oxygens (including phenoxy) is 3. The maximum absolute atomic E-state index is 12.5. The number of esters is 3. The van der Waals surface area contributed by atoms with Crippen molar-refractivity contribution in [2.45, 2.75) is 252 Å². The summed E-state index contributed by atoms with van der Waals surface area (Å²) in [4.78, 5) is 37.4. The van der Waals surface area contributed by atoms with Gasteiger partial charge >= 0.3 is 17.9 Å². The fourth-order valence-electron chi connectivity index (χ4n) is 6.59. The molecule has 6 heteroatoms. The monoisotopic (exact) mass is 723 g/mol. The highest BCUT2D eigenvalue weighted by Crippen LogP contribution is 2.17. The van der Waals surface area contributed by atoms with E-state index in [1.165, 1.54) is 135 Å². The van der Waals surface area contributed by atoms with Crippen molar-refractivity contribution in [1.82, 2.24) is 0 Å². The normalized spacial score (nSPS) is 12.5. The molecule has 0 aromatic rings. The summed E-state index contributed by atoms with van der Waals surface area (Å²) in [7, 11) is 0. The van der Waals surface area contributed by atoms with Crippen molar-refractivity contribution in [3.05, 3.63) is 0 Å². The number of rotatable bonds is 40. The van der Waals surface area contributed by atoms with Gasteiger partial charge < -0.3 is 14.2 Å². The molecule has 0 aliphatic rings. The first-order valence-electron chi connectivity index (χ1n) is 22.4. The van der Waals surface area contributed by atoms with Gasteiger partial charge in [0.05, 0.1) is 0 Å². The van der Waals surface area contributed by atoms with Gasteiger partial charge in [0.2, 0.25) is 0 Å². The Morgan fingerprint density at radius 2 is 0.686 bits per heavy atom. The Bertz CT molecular complexity index is 768. The van der Waals surface area contributed by atoms with E-state index in [0.29, 0.717) is 19.3 Å².